The Morgan fingerprint density at radius 2 is 1.79 bits per heavy atom. The van der Waals surface area contributed by atoms with E-state index in [1.165, 1.54) is 0 Å². The molecule has 2 aromatic rings. The van der Waals surface area contributed by atoms with Gasteiger partial charge in [0.25, 0.3) is 11.8 Å². The smallest absolute Gasteiger partial charge is 0.260 e. The molecular weight excluding hydrogens is 370 g/mol. The van der Waals surface area contributed by atoms with Crippen LogP contribution >= 0.6 is 0 Å². The highest BCUT2D eigenvalue weighted by Gasteiger charge is 2.26. The molecule has 0 bridgehead atoms. The van der Waals surface area contributed by atoms with Crippen LogP contribution in [0.3, 0.4) is 0 Å². The number of para-hydroxylation sites is 1. The lowest BCUT2D eigenvalue weighted by Crippen LogP contribution is -2.50. The van der Waals surface area contributed by atoms with E-state index in [1.807, 2.05) is 36.1 Å². The van der Waals surface area contributed by atoms with Crippen LogP contribution in [0.4, 0.5) is 5.82 Å². The monoisotopic (exact) mass is 397 g/mol. The molecule has 1 fully saturated rings. The van der Waals surface area contributed by atoms with Crippen molar-refractivity contribution < 1.29 is 14.3 Å². The van der Waals surface area contributed by atoms with Gasteiger partial charge >= 0.3 is 0 Å². The maximum absolute atomic E-state index is 12.6. The molecule has 0 atom stereocenters. The van der Waals surface area contributed by atoms with Crippen molar-refractivity contribution in [1.29, 1.82) is 0 Å². The van der Waals surface area contributed by atoms with Crippen molar-refractivity contribution >= 4 is 17.6 Å². The molecule has 154 valence electrons. The summed E-state index contributed by atoms with van der Waals surface area (Å²) >= 11 is 0. The number of amides is 2. The van der Waals surface area contributed by atoms with Gasteiger partial charge in [0.05, 0.1) is 11.3 Å². The van der Waals surface area contributed by atoms with E-state index in [1.54, 1.807) is 11.8 Å². The fourth-order valence-electron chi connectivity index (χ4n) is 3.45. The van der Waals surface area contributed by atoms with Crippen LogP contribution in [0.1, 0.15) is 34.1 Å². The first-order valence-electron chi connectivity index (χ1n) is 9.79. The average Bonchev–Trinajstić information content (AvgIpc) is 2.73. The zero-order valence-electron chi connectivity index (χ0n) is 17.1. The highest BCUT2D eigenvalue weighted by atomic mass is 16.5. The molecule has 29 heavy (non-hydrogen) atoms. The number of benzene rings is 1. The second kappa shape index (κ2) is 8.89. The highest BCUT2D eigenvalue weighted by molar-refractivity contribution is 5.99. The molecule has 3 rings (SSSR count). The first-order chi connectivity index (χ1) is 13.9. The summed E-state index contributed by atoms with van der Waals surface area (Å²) in [5.41, 5.74) is 8.47. The predicted octanol–water partition coefficient (Wildman–Crippen LogP) is 1.48. The summed E-state index contributed by atoms with van der Waals surface area (Å²) in [7, 11) is 0. The minimum Gasteiger partial charge on any atom is -0.483 e. The molecule has 1 aliphatic rings. The summed E-state index contributed by atoms with van der Waals surface area (Å²) in [6.07, 6.45) is 0.849. The van der Waals surface area contributed by atoms with Gasteiger partial charge in [-0.2, -0.15) is 5.10 Å². The lowest BCUT2D eigenvalue weighted by atomic mass is 10.1. The molecule has 0 saturated carbocycles. The summed E-state index contributed by atoms with van der Waals surface area (Å²) in [5, 5.41) is 8.33. The van der Waals surface area contributed by atoms with Crippen LogP contribution in [-0.2, 0) is 11.2 Å². The third-order valence-corrected chi connectivity index (χ3v) is 5.32. The van der Waals surface area contributed by atoms with Gasteiger partial charge in [-0.05, 0) is 37.5 Å². The number of carbonyl (C=O) groups is 2. The standard InChI is InChI=1S/C21H27N5O3/c1-4-16-7-5-6-8-17(16)29-13-18(27)25-9-11-26(12-10-25)21-19(20(22)28)14(2)15(3)23-24-21/h5-8H,4,9-13H2,1-3H3,(H2,22,28). The topological polar surface area (TPSA) is 102 Å². The minimum absolute atomic E-state index is 0.00694. The van der Waals surface area contributed by atoms with Gasteiger partial charge < -0.3 is 20.3 Å². The van der Waals surface area contributed by atoms with Crippen molar-refractivity contribution in [3.8, 4) is 5.75 Å². The number of anilines is 1. The number of nitrogens with zero attached hydrogens (tertiary/aromatic N) is 4. The molecular formula is C21H27N5O3. The number of aryl methyl sites for hydroxylation is 2. The number of primary amides is 1. The molecule has 8 nitrogen and oxygen atoms in total. The Hall–Kier alpha value is -3.16. The maximum Gasteiger partial charge on any atom is 0.260 e. The van der Waals surface area contributed by atoms with E-state index in [2.05, 4.69) is 17.1 Å². The van der Waals surface area contributed by atoms with Crippen LogP contribution < -0.4 is 15.4 Å². The maximum atomic E-state index is 12.6. The number of piperazine rings is 1. The summed E-state index contributed by atoms with van der Waals surface area (Å²) in [4.78, 5) is 28.2. The molecule has 8 heteroatoms. The molecule has 0 aliphatic carbocycles. The summed E-state index contributed by atoms with van der Waals surface area (Å²) in [5.74, 6) is 0.660. The number of hydrogen-bond acceptors (Lipinski definition) is 6. The Bertz CT molecular complexity index is 907. The zero-order chi connectivity index (χ0) is 21.0. The first kappa shape index (κ1) is 20.6. The second-order valence-electron chi connectivity index (χ2n) is 7.09. The van der Waals surface area contributed by atoms with E-state index in [-0.39, 0.29) is 12.5 Å². The van der Waals surface area contributed by atoms with Gasteiger partial charge in [-0.3, -0.25) is 9.59 Å². The van der Waals surface area contributed by atoms with Crippen molar-refractivity contribution in [3.05, 3.63) is 46.6 Å². The highest BCUT2D eigenvalue weighted by Crippen LogP contribution is 2.23. The van der Waals surface area contributed by atoms with E-state index in [0.717, 1.165) is 23.3 Å². The number of ether oxygens (including phenoxy) is 1. The molecule has 2 N–H and O–H groups in total. The van der Waals surface area contributed by atoms with Gasteiger partial charge in [0, 0.05) is 26.2 Å². The molecule has 2 amide bonds. The van der Waals surface area contributed by atoms with Gasteiger partial charge in [0.1, 0.15) is 5.75 Å². The molecule has 1 aliphatic heterocycles. The van der Waals surface area contributed by atoms with Crippen LogP contribution in [0, 0.1) is 13.8 Å². The first-order valence-corrected chi connectivity index (χ1v) is 9.79. The minimum atomic E-state index is -0.517. The molecule has 0 spiro atoms. The van der Waals surface area contributed by atoms with Gasteiger partial charge in [0.15, 0.2) is 12.4 Å². The lowest BCUT2D eigenvalue weighted by Gasteiger charge is -2.36. The zero-order valence-corrected chi connectivity index (χ0v) is 17.1. The van der Waals surface area contributed by atoms with Crippen LogP contribution in [0.25, 0.3) is 0 Å². The van der Waals surface area contributed by atoms with Crippen molar-refractivity contribution in [2.24, 2.45) is 5.73 Å². The number of rotatable bonds is 6. The third kappa shape index (κ3) is 4.47. The Balaban J connectivity index is 1.61. The Labute approximate surface area is 170 Å². The Morgan fingerprint density at radius 3 is 2.45 bits per heavy atom. The van der Waals surface area contributed by atoms with Crippen molar-refractivity contribution in [2.45, 2.75) is 27.2 Å². The number of aromatic nitrogens is 2. The molecule has 1 aromatic heterocycles. The molecule has 0 unspecified atom stereocenters. The van der Waals surface area contributed by atoms with E-state index in [0.29, 0.717) is 43.3 Å². The van der Waals surface area contributed by atoms with E-state index < -0.39 is 5.91 Å². The summed E-state index contributed by atoms with van der Waals surface area (Å²) in [6, 6.07) is 7.74. The van der Waals surface area contributed by atoms with E-state index in [9.17, 15) is 9.59 Å². The second-order valence-corrected chi connectivity index (χ2v) is 7.09. The Morgan fingerprint density at radius 1 is 1.10 bits per heavy atom. The van der Waals surface area contributed by atoms with Crippen LogP contribution in [0.15, 0.2) is 24.3 Å². The van der Waals surface area contributed by atoms with Crippen molar-refractivity contribution in [2.75, 3.05) is 37.7 Å². The van der Waals surface area contributed by atoms with Crippen LogP contribution in [-0.4, -0.2) is 59.7 Å². The normalized spacial score (nSPS) is 14.0. The van der Waals surface area contributed by atoms with Gasteiger partial charge in [-0.15, -0.1) is 5.10 Å². The van der Waals surface area contributed by atoms with E-state index in [4.69, 9.17) is 10.5 Å². The van der Waals surface area contributed by atoms with Crippen LogP contribution in [0.2, 0.25) is 0 Å². The fourth-order valence-corrected chi connectivity index (χ4v) is 3.45. The quantitative estimate of drug-likeness (QED) is 0.792. The number of nitrogens with two attached hydrogens (primary N) is 1. The average molecular weight is 397 g/mol. The van der Waals surface area contributed by atoms with Gasteiger partial charge in [-0.25, -0.2) is 0 Å². The van der Waals surface area contributed by atoms with Crippen LogP contribution in [0.5, 0.6) is 5.75 Å². The summed E-state index contributed by atoms with van der Waals surface area (Å²) < 4.78 is 5.75. The lowest BCUT2D eigenvalue weighted by molar-refractivity contribution is -0.133. The fraction of sp³-hybridized carbons (Fsp3) is 0.429. The van der Waals surface area contributed by atoms with E-state index >= 15 is 0 Å². The SMILES string of the molecule is CCc1ccccc1OCC(=O)N1CCN(c2nnc(C)c(C)c2C(N)=O)CC1. The van der Waals surface area contributed by atoms with Gasteiger partial charge in [-0.1, -0.05) is 25.1 Å². The largest absolute Gasteiger partial charge is 0.483 e. The third-order valence-electron chi connectivity index (χ3n) is 5.32. The number of carbonyl (C=O) groups excluding carboxylic acids is 2. The predicted molar refractivity (Wildman–Crippen MR) is 110 cm³/mol. The Kier molecular flexibility index (Phi) is 6.31. The van der Waals surface area contributed by atoms with Gasteiger partial charge in [0.2, 0.25) is 0 Å². The van der Waals surface area contributed by atoms with Crippen molar-refractivity contribution in [1.82, 2.24) is 15.1 Å². The molecule has 1 saturated heterocycles. The number of hydrogen-bond donors (Lipinski definition) is 1. The molecule has 1 aromatic carbocycles. The van der Waals surface area contributed by atoms with Crippen molar-refractivity contribution in [3.63, 3.8) is 0 Å². The summed E-state index contributed by atoms with van der Waals surface area (Å²) in [6.45, 7) is 7.81. The molecule has 0 radical (unpaired) electrons. The molecule has 2 heterocycles.